The van der Waals surface area contributed by atoms with Gasteiger partial charge in [0.2, 0.25) is 0 Å². The highest BCUT2D eigenvalue weighted by molar-refractivity contribution is 7.71. The third kappa shape index (κ3) is 1.89. The Bertz CT molecular complexity index is 856. The maximum absolute atomic E-state index is 6.38. The number of hydrogen-bond donors (Lipinski definition) is 1. The van der Waals surface area contributed by atoms with Gasteiger partial charge in [0, 0.05) is 7.05 Å². The summed E-state index contributed by atoms with van der Waals surface area (Å²) in [4.78, 5) is 3.24. The topological polar surface area (TPSA) is 38.5 Å². The Morgan fingerprint density at radius 2 is 2.15 bits per heavy atom. The van der Waals surface area contributed by atoms with E-state index in [1.165, 1.54) is 0 Å². The van der Waals surface area contributed by atoms with Crippen molar-refractivity contribution in [2.24, 2.45) is 7.05 Å². The van der Waals surface area contributed by atoms with Crippen molar-refractivity contribution in [3.63, 3.8) is 0 Å². The van der Waals surface area contributed by atoms with Crippen LogP contribution in [0.1, 0.15) is 18.2 Å². The van der Waals surface area contributed by atoms with Crippen molar-refractivity contribution in [3.05, 3.63) is 39.3 Å². The van der Waals surface area contributed by atoms with Crippen LogP contribution in [-0.2, 0) is 13.5 Å². The Hall–Kier alpha value is -1.59. The lowest BCUT2D eigenvalue weighted by Crippen LogP contribution is -2.01. The molecule has 0 amide bonds. The van der Waals surface area contributed by atoms with Gasteiger partial charge in [-0.25, -0.2) is 4.68 Å². The summed E-state index contributed by atoms with van der Waals surface area (Å²) < 4.78 is 4.42. The van der Waals surface area contributed by atoms with Crippen molar-refractivity contribution in [1.82, 2.24) is 19.3 Å². The molecule has 104 valence electrons. The fourth-order valence-corrected chi connectivity index (χ4v) is 3.08. The van der Waals surface area contributed by atoms with Gasteiger partial charge in [-0.3, -0.25) is 4.57 Å². The first-order chi connectivity index (χ1) is 9.52. The molecule has 3 aromatic rings. The second-order valence-corrected chi connectivity index (χ2v) is 5.64. The molecular weight excluding hydrogens is 292 g/mol. The van der Waals surface area contributed by atoms with E-state index in [-0.39, 0.29) is 0 Å². The van der Waals surface area contributed by atoms with E-state index >= 15 is 0 Å². The zero-order chi connectivity index (χ0) is 14.4. The van der Waals surface area contributed by atoms with Crippen molar-refractivity contribution in [1.29, 1.82) is 0 Å². The van der Waals surface area contributed by atoms with Crippen LogP contribution in [-0.4, -0.2) is 19.3 Å². The fourth-order valence-electron chi connectivity index (χ4n) is 2.48. The van der Waals surface area contributed by atoms with Gasteiger partial charge in [0.1, 0.15) is 5.52 Å². The molecule has 0 atom stereocenters. The van der Waals surface area contributed by atoms with Crippen LogP contribution in [0.15, 0.2) is 18.2 Å². The summed E-state index contributed by atoms with van der Waals surface area (Å²) >= 11 is 11.8. The molecule has 3 rings (SSSR count). The minimum absolute atomic E-state index is 0.633. The predicted molar refractivity (Wildman–Crippen MR) is 84.4 cm³/mol. The van der Waals surface area contributed by atoms with Crippen LogP contribution in [0, 0.1) is 11.7 Å². The van der Waals surface area contributed by atoms with Crippen molar-refractivity contribution in [2.45, 2.75) is 20.3 Å². The monoisotopic (exact) mass is 306 g/mol. The summed E-state index contributed by atoms with van der Waals surface area (Å²) in [5.41, 5.74) is 4.93. The zero-order valence-electron chi connectivity index (χ0n) is 11.6. The number of H-pyrrole nitrogens is 1. The van der Waals surface area contributed by atoms with Gasteiger partial charge in [0.15, 0.2) is 10.4 Å². The van der Waals surface area contributed by atoms with E-state index in [1.54, 1.807) is 0 Å². The summed E-state index contributed by atoms with van der Waals surface area (Å²) in [5, 5.41) is 5.20. The van der Waals surface area contributed by atoms with Crippen LogP contribution < -0.4 is 0 Å². The van der Waals surface area contributed by atoms with Gasteiger partial charge >= 0.3 is 0 Å². The van der Waals surface area contributed by atoms with Gasteiger partial charge in [0.25, 0.3) is 0 Å². The second kappa shape index (κ2) is 4.75. The number of nitrogens with one attached hydrogen (secondary N) is 1. The molecule has 2 heterocycles. The summed E-state index contributed by atoms with van der Waals surface area (Å²) in [5.74, 6) is 0. The van der Waals surface area contributed by atoms with Crippen molar-refractivity contribution < 1.29 is 0 Å². The number of hydrogen-bond acceptors (Lipinski definition) is 2. The summed E-state index contributed by atoms with van der Waals surface area (Å²) in [6.07, 6.45) is 0.855. The molecular formula is C14H15ClN4S. The maximum Gasteiger partial charge on any atom is 0.184 e. The van der Waals surface area contributed by atoms with Crippen LogP contribution in [0.5, 0.6) is 0 Å². The molecule has 0 aliphatic carbocycles. The smallest absolute Gasteiger partial charge is 0.184 e. The van der Waals surface area contributed by atoms with Crippen LogP contribution in [0.2, 0.25) is 5.02 Å². The average Bonchev–Trinajstić information content (AvgIpc) is 2.87. The lowest BCUT2D eigenvalue weighted by molar-refractivity contribution is 0.748. The largest absolute Gasteiger partial charge is 0.327 e. The molecule has 0 radical (unpaired) electrons. The quantitative estimate of drug-likeness (QED) is 0.728. The molecule has 1 N–H and O–H groups in total. The van der Waals surface area contributed by atoms with Gasteiger partial charge in [-0.1, -0.05) is 24.6 Å². The molecule has 0 fully saturated rings. The first kappa shape index (κ1) is 13.4. The molecule has 2 aromatic heterocycles. The number of aromatic nitrogens is 4. The van der Waals surface area contributed by atoms with E-state index in [1.807, 2.05) is 41.4 Å². The lowest BCUT2D eigenvalue weighted by atomic mass is 10.2. The number of aromatic amines is 1. The molecule has 6 heteroatoms. The van der Waals surface area contributed by atoms with E-state index in [4.69, 9.17) is 23.8 Å². The number of fused-ring (bicyclic) bond motifs is 1. The zero-order valence-corrected chi connectivity index (χ0v) is 13.1. The van der Waals surface area contributed by atoms with Gasteiger partial charge in [0.05, 0.1) is 16.4 Å². The summed E-state index contributed by atoms with van der Waals surface area (Å²) in [7, 11) is 1.92. The molecule has 0 aliphatic heterocycles. The van der Waals surface area contributed by atoms with Gasteiger partial charge in [-0.2, -0.15) is 5.10 Å². The lowest BCUT2D eigenvalue weighted by Gasteiger charge is -2.08. The van der Waals surface area contributed by atoms with Crippen LogP contribution >= 0.6 is 23.8 Å². The minimum atomic E-state index is 0.633. The minimum Gasteiger partial charge on any atom is -0.327 e. The third-order valence-corrected chi connectivity index (χ3v) is 4.00. The van der Waals surface area contributed by atoms with Crippen molar-refractivity contribution >= 4 is 35.0 Å². The maximum atomic E-state index is 6.38. The van der Waals surface area contributed by atoms with E-state index < -0.39 is 0 Å². The Morgan fingerprint density at radius 1 is 1.40 bits per heavy atom. The standard InChI is InChI=1S/C14H15ClN4S/c1-4-10-12-13(18(3)17-10)19(14(20)16-12)11-6-5-8(2)7-9(11)15/h5-7H,4H2,1-3H3,(H,16,20). The molecule has 1 aromatic carbocycles. The highest BCUT2D eigenvalue weighted by atomic mass is 35.5. The van der Waals surface area contributed by atoms with E-state index in [9.17, 15) is 0 Å². The van der Waals surface area contributed by atoms with Crippen LogP contribution in [0.25, 0.3) is 16.9 Å². The SMILES string of the molecule is CCc1nn(C)c2c1[nH]c(=S)n2-c1ccc(C)cc1Cl. The Kier molecular flexibility index (Phi) is 3.18. The number of rotatable bonds is 2. The molecule has 0 saturated carbocycles. The first-order valence-electron chi connectivity index (χ1n) is 6.46. The fraction of sp³-hybridized carbons (Fsp3) is 0.286. The van der Waals surface area contributed by atoms with Gasteiger partial charge in [-0.05, 0) is 43.3 Å². The summed E-state index contributed by atoms with van der Waals surface area (Å²) in [6, 6.07) is 5.95. The molecule has 0 aliphatic rings. The number of benzene rings is 1. The molecule has 0 saturated heterocycles. The van der Waals surface area contributed by atoms with Gasteiger partial charge in [-0.15, -0.1) is 0 Å². The van der Waals surface area contributed by atoms with Crippen LogP contribution in [0.4, 0.5) is 0 Å². The molecule has 4 nitrogen and oxygen atoms in total. The normalized spacial score (nSPS) is 11.4. The Labute approximate surface area is 127 Å². The molecule has 0 bridgehead atoms. The van der Waals surface area contributed by atoms with Crippen molar-refractivity contribution in [2.75, 3.05) is 0 Å². The number of nitrogens with zero attached hydrogens (tertiary/aromatic N) is 3. The third-order valence-electron chi connectivity index (χ3n) is 3.42. The van der Waals surface area contributed by atoms with E-state index in [2.05, 4.69) is 17.0 Å². The predicted octanol–water partition coefficient (Wildman–Crippen LogP) is 3.95. The number of halogens is 1. The number of imidazole rings is 1. The number of aryl methyl sites for hydroxylation is 3. The first-order valence-corrected chi connectivity index (χ1v) is 7.24. The molecule has 0 unspecified atom stereocenters. The Balaban J connectivity index is 2.39. The molecule has 0 spiro atoms. The van der Waals surface area contributed by atoms with Gasteiger partial charge < -0.3 is 4.98 Å². The Morgan fingerprint density at radius 3 is 2.80 bits per heavy atom. The highest BCUT2D eigenvalue weighted by Gasteiger charge is 2.16. The summed E-state index contributed by atoms with van der Waals surface area (Å²) in [6.45, 7) is 4.09. The van der Waals surface area contributed by atoms with E-state index in [0.717, 1.165) is 34.5 Å². The second-order valence-electron chi connectivity index (χ2n) is 4.84. The van der Waals surface area contributed by atoms with Crippen molar-refractivity contribution in [3.8, 4) is 5.69 Å². The van der Waals surface area contributed by atoms with Crippen LogP contribution in [0.3, 0.4) is 0 Å². The van der Waals surface area contributed by atoms with E-state index in [0.29, 0.717) is 9.79 Å². The highest BCUT2D eigenvalue weighted by Crippen LogP contribution is 2.27. The average molecular weight is 307 g/mol. The molecule has 20 heavy (non-hydrogen) atoms.